The molecular weight excluding hydrogens is 244 g/mol. The quantitative estimate of drug-likeness (QED) is 0.604. The van der Waals surface area contributed by atoms with E-state index in [4.69, 9.17) is 0 Å². The summed E-state index contributed by atoms with van der Waals surface area (Å²) in [5.41, 5.74) is 3.16. The van der Waals surface area contributed by atoms with Crippen LogP contribution in [0, 0.1) is 10.1 Å². The maximum absolute atomic E-state index is 10.6. The molecule has 0 amide bonds. The second kappa shape index (κ2) is 4.38. The molecule has 6 heteroatoms. The Bertz CT molecular complexity index is 577. The van der Waals surface area contributed by atoms with Gasteiger partial charge in [-0.2, -0.15) is 10.2 Å². The number of rotatable bonds is 2. The Hall–Kier alpha value is -2.37. The van der Waals surface area contributed by atoms with Crippen molar-refractivity contribution in [2.75, 3.05) is 12.2 Å². The average molecular weight is 258 g/mol. The second-order valence-electron chi connectivity index (χ2n) is 4.61. The number of non-ortho nitro benzene ring substituents is 1. The van der Waals surface area contributed by atoms with E-state index in [1.807, 2.05) is 12.1 Å². The fourth-order valence-electron chi connectivity index (χ4n) is 2.40. The molecule has 1 heterocycles. The number of hydrogen-bond donors (Lipinski definition) is 0. The maximum atomic E-state index is 10.6. The lowest BCUT2D eigenvalue weighted by molar-refractivity contribution is -0.384. The van der Waals surface area contributed by atoms with E-state index in [0.717, 1.165) is 36.4 Å². The molecule has 0 atom stereocenters. The lowest BCUT2D eigenvalue weighted by Gasteiger charge is -2.26. The van der Waals surface area contributed by atoms with Crippen LogP contribution in [0.5, 0.6) is 0 Å². The number of anilines is 1. The van der Waals surface area contributed by atoms with Gasteiger partial charge in [0.05, 0.1) is 22.0 Å². The summed E-state index contributed by atoms with van der Waals surface area (Å²) < 4.78 is 0. The van der Waals surface area contributed by atoms with Gasteiger partial charge in [-0.05, 0) is 31.4 Å². The molecule has 1 aliphatic heterocycles. The van der Waals surface area contributed by atoms with Crippen LogP contribution in [0.25, 0.3) is 0 Å². The van der Waals surface area contributed by atoms with Crippen molar-refractivity contribution in [2.45, 2.75) is 19.3 Å². The fourth-order valence-corrected chi connectivity index (χ4v) is 2.40. The predicted octanol–water partition coefficient (Wildman–Crippen LogP) is 2.69. The summed E-state index contributed by atoms with van der Waals surface area (Å²) in [4.78, 5) is 10.3. The van der Waals surface area contributed by atoms with Crippen molar-refractivity contribution in [3.05, 3.63) is 46.2 Å². The van der Waals surface area contributed by atoms with Crippen molar-refractivity contribution in [2.24, 2.45) is 5.10 Å². The molecule has 0 saturated carbocycles. The standard InChI is InChI=1S/C13H14N4O2/c1-15-13-5-3-2-4-12(13)14-16(15)10-6-8-11(9-7-10)17(18)19/h5-9H,2-4H2,1H3. The van der Waals surface area contributed by atoms with Gasteiger partial charge < -0.3 is 0 Å². The lowest BCUT2D eigenvalue weighted by atomic mass is 10.0. The number of nitro groups is 1. The number of nitrogens with zero attached hydrogens (tertiary/aromatic N) is 4. The molecule has 0 fully saturated rings. The third kappa shape index (κ3) is 1.95. The molecule has 0 spiro atoms. The van der Waals surface area contributed by atoms with Gasteiger partial charge in [0.1, 0.15) is 0 Å². The van der Waals surface area contributed by atoms with Crippen LogP contribution in [-0.2, 0) is 0 Å². The first-order chi connectivity index (χ1) is 9.16. The number of hydrazone groups is 1. The van der Waals surface area contributed by atoms with Gasteiger partial charge in [-0.25, -0.2) is 0 Å². The first kappa shape index (κ1) is 11.7. The minimum Gasteiger partial charge on any atom is -0.266 e. The number of hydrogen-bond acceptors (Lipinski definition) is 5. The Morgan fingerprint density at radius 3 is 2.68 bits per heavy atom. The van der Waals surface area contributed by atoms with E-state index in [9.17, 15) is 10.1 Å². The third-order valence-electron chi connectivity index (χ3n) is 3.39. The molecule has 98 valence electrons. The summed E-state index contributed by atoms with van der Waals surface area (Å²) in [5, 5.41) is 19.0. The molecule has 3 rings (SSSR count). The SMILES string of the molecule is CN1C2=CCCCC2=NN1c1ccc([N+](=O)[O-])cc1. The van der Waals surface area contributed by atoms with Crippen LogP contribution >= 0.6 is 0 Å². The number of hydrazine groups is 1. The highest BCUT2D eigenvalue weighted by Gasteiger charge is 2.28. The van der Waals surface area contributed by atoms with E-state index >= 15 is 0 Å². The fraction of sp³-hybridized carbons (Fsp3) is 0.308. The zero-order valence-corrected chi connectivity index (χ0v) is 10.6. The zero-order valence-electron chi connectivity index (χ0n) is 10.6. The second-order valence-corrected chi connectivity index (χ2v) is 4.61. The van der Waals surface area contributed by atoms with Gasteiger partial charge in [-0.1, -0.05) is 6.08 Å². The van der Waals surface area contributed by atoms with Gasteiger partial charge in [0.25, 0.3) is 5.69 Å². The van der Waals surface area contributed by atoms with Crippen molar-refractivity contribution in [3.63, 3.8) is 0 Å². The highest BCUT2D eigenvalue weighted by atomic mass is 16.6. The van der Waals surface area contributed by atoms with E-state index in [-0.39, 0.29) is 5.69 Å². The molecule has 0 radical (unpaired) electrons. The first-order valence-corrected chi connectivity index (χ1v) is 6.23. The van der Waals surface area contributed by atoms with E-state index in [2.05, 4.69) is 11.2 Å². The minimum atomic E-state index is -0.397. The molecule has 19 heavy (non-hydrogen) atoms. The Labute approximate surface area is 110 Å². The van der Waals surface area contributed by atoms with Gasteiger partial charge in [-0.3, -0.25) is 15.1 Å². The highest BCUT2D eigenvalue weighted by molar-refractivity contribution is 6.02. The number of benzene rings is 1. The molecule has 2 aliphatic rings. The van der Waals surface area contributed by atoms with E-state index in [0.29, 0.717) is 0 Å². The molecular formula is C13H14N4O2. The molecule has 1 aromatic carbocycles. The Kier molecular flexibility index (Phi) is 2.70. The highest BCUT2D eigenvalue weighted by Crippen LogP contribution is 2.30. The Morgan fingerprint density at radius 2 is 2.05 bits per heavy atom. The molecule has 6 nitrogen and oxygen atoms in total. The van der Waals surface area contributed by atoms with Gasteiger partial charge in [-0.15, -0.1) is 0 Å². The van der Waals surface area contributed by atoms with E-state index < -0.39 is 4.92 Å². The largest absolute Gasteiger partial charge is 0.269 e. The molecule has 1 aromatic rings. The third-order valence-corrected chi connectivity index (χ3v) is 3.39. The van der Waals surface area contributed by atoms with Crippen LogP contribution < -0.4 is 5.12 Å². The van der Waals surface area contributed by atoms with Crippen molar-refractivity contribution < 1.29 is 4.92 Å². The van der Waals surface area contributed by atoms with Crippen molar-refractivity contribution in [1.29, 1.82) is 0 Å². The summed E-state index contributed by atoms with van der Waals surface area (Å²) in [7, 11) is 1.95. The number of nitro benzene ring substituents is 1. The predicted molar refractivity (Wildman–Crippen MR) is 72.7 cm³/mol. The van der Waals surface area contributed by atoms with Crippen LogP contribution in [0.1, 0.15) is 19.3 Å². The average Bonchev–Trinajstić information content (AvgIpc) is 2.77. The summed E-state index contributed by atoms with van der Waals surface area (Å²) in [6, 6.07) is 6.44. The van der Waals surface area contributed by atoms with Gasteiger partial charge >= 0.3 is 0 Å². The van der Waals surface area contributed by atoms with Crippen LogP contribution in [0.15, 0.2) is 41.1 Å². The molecule has 1 aliphatic carbocycles. The summed E-state index contributed by atoms with van der Waals surface area (Å²) >= 11 is 0. The summed E-state index contributed by atoms with van der Waals surface area (Å²) in [6.45, 7) is 0. The summed E-state index contributed by atoms with van der Waals surface area (Å²) in [5.74, 6) is 0. The van der Waals surface area contributed by atoms with Crippen LogP contribution in [-0.4, -0.2) is 22.7 Å². The van der Waals surface area contributed by atoms with Crippen LogP contribution in [0.3, 0.4) is 0 Å². The summed E-state index contributed by atoms with van der Waals surface area (Å²) in [6.07, 6.45) is 5.38. The lowest BCUT2D eigenvalue weighted by Crippen LogP contribution is -2.30. The molecule has 0 bridgehead atoms. The maximum Gasteiger partial charge on any atom is 0.269 e. The zero-order chi connectivity index (χ0) is 13.4. The first-order valence-electron chi connectivity index (χ1n) is 6.23. The van der Waals surface area contributed by atoms with Gasteiger partial charge in [0.2, 0.25) is 0 Å². The topological polar surface area (TPSA) is 62.0 Å². The molecule has 0 saturated heterocycles. The molecule has 0 N–H and O–H groups in total. The number of fused-ring (bicyclic) bond motifs is 1. The van der Waals surface area contributed by atoms with Crippen molar-refractivity contribution >= 4 is 17.1 Å². The van der Waals surface area contributed by atoms with Crippen molar-refractivity contribution in [3.8, 4) is 0 Å². The Balaban J connectivity index is 1.91. The van der Waals surface area contributed by atoms with Gasteiger partial charge in [0, 0.05) is 19.2 Å². The smallest absolute Gasteiger partial charge is 0.266 e. The van der Waals surface area contributed by atoms with E-state index in [1.54, 1.807) is 17.3 Å². The Morgan fingerprint density at radius 1 is 1.32 bits per heavy atom. The van der Waals surface area contributed by atoms with Crippen LogP contribution in [0.2, 0.25) is 0 Å². The molecule has 0 unspecified atom stereocenters. The van der Waals surface area contributed by atoms with Gasteiger partial charge in [0.15, 0.2) is 0 Å². The normalized spacial score (nSPS) is 17.9. The van der Waals surface area contributed by atoms with E-state index in [1.165, 1.54) is 12.1 Å². The van der Waals surface area contributed by atoms with Crippen molar-refractivity contribution in [1.82, 2.24) is 5.01 Å². The van der Waals surface area contributed by atoms with Crippen LogP contribution in [0.4, 0.5) is 11.4 Å². The molecule has 0 aromatic heterocycles. The monoisotopic (exact) mass is 258 g/mol. The number of allylic oxidation sites excluding steroid dienone is 2. The minimum absolute atomic E-state index is 0.0925.